The van der Waals surface area contributed by atoms with Crippen LogP contribution in [0.3, 0.4) is 0 Å². The Bertz CT molecular complexity index is 525. The number of anilines is 2. The van der Waals surface area contributed by atoms with Gasteiger partial charge in [-0.3, -0.25) is 0 Å². The SMILES string of the molecule is CCCNc1ncnc(N(C)Cc2ccoc2)c1CC. The van der Waals surface area contributed by atoms with Gasteiger partial charge < -0.3 is 14.6 Å². The van der Waals surface area contributed by atoms with Gasteiger partial charge in [-0.05, 0) is 18.9 Å². The molecule has 0 saturated heterocycles. The predicted octanol–water partition coefficient (Wildman–Crippen LogP) is 3.09. The highest BCUT2D eigenvalue weighted by Crippen LogP contribution is 2.24. The van der Waals surface area contributed by atoms with Crippen molar-refractivity contribution >= 4 is 11.6 Å². The summed E-state index contributed by atoms with van der Waals surface area (Å²) in [7, 11) is 2.04. The molecule has 0 aliphatic rings. The van der Waals surface area contributed by atoms with Crippen LogP contribution in [0.2, 0.25) is 0 Å². The van der Waals surface area contributed by atoms with Gasteiger partial charge in [0.05, 0.1) is 12.5 Å². The van der Waals surface area contributed by atoms with E-state index >= 15 is 0 Å². The molecule has 0 atom stereocenters. The average molecular weight is 274 g/mol. The van der Waals surface area contributed by atoms with Crippen LogP contribution in [0.5, 0.6) is 0 Å². The molecule has 0 amide bonds. The molecule has 0 aromatic carbocycles. The van der Waals surface area contributed by atoms with Gasteiger partial charge in [-0.15, -0.1) is 0 Å². The van der Waals surface area contributed by atoms with E-state index in [1.807, 2.05) is 13.1 Å². The number of nitrogens with one attached hydrogen (secondary N) is 1. The highest BCUT2D eigenvalue weighted by atomic mass is 16.3. The normalized spacial score (nSPS) is 10.6. The fourth-order valence-corrected chi connectivity index (χ4v) is 2.18. The van der Waals surface area contributed by atoms with Crippen molar-refractivity contribution in [2.45, 2.75) is 33.2 Å². The Morgan fingerprint density at radius 2 is 2.15 bits per heavy atom. The van der Waals surface area contributed by atoms with E-state index in [0.717, 1.165) is 48.7 Å². The molecule has 20 heavy (non-hydrogen) atoms. The molecule has 0 aliphatic heterocycles. The van der Waals surface area contributed by atoms with Crippen LogP contribution in [0.25, 0.3) is 0 Å². The minimum absolute atomic E-state index is 0.772. The fourth-order valence-electron chi connectivity index (χ4n) is 2.18. The predicted molar refractivity (Wildman–Crippen MR) is 81.0 cm³/mol. The Kier molecular flexibility index (Phi) is 4.98. The molecule has 108 valence electrons. The minimum Gasteiger partial charge on any atom is -0.472 e. The molecule has 0 saturated carbocycles. The van der Waals surface area contributed by atoms with Gasteiger partial charge in [0, 0.05) is 31.3 Å². The number of hydrogen-bond acceptors (Lipinski definition) is 5. The molecule has 2 aromatic heterocycles. The lowest BCUT2D eigenvalue weighted by molar-refractivity contribution is 0.563. The van der Waals surface area contributed by atoms with Gasteiger partial charge in [0.2, 0.25) is 0 Å². The fraction of sp³-hybridized carbons (Fsp3) is 0.467. The second-order valence-electron chi connectivity index (χ2n) is 4.79. The smallest absolute Gasteiger partial charge is 0.137 e. The van der Waals surface area contributed by atoms with Gasteiger partial charge in [-0.2, -0.15) is 0 Å². The molecule has 0 unspecified atom stereocenters. The zero-order valence-corrected chi connectivity index (χ0v) is 12.4. The summed E-state index contributed by atoms with van der Waals surface area (Å²) < 4.78 is 5.11. The highest BCUT2D eigenvalue weighted by Gasteiger charge is 2.13. The third-order valence-corrected chi connectivity index (χ3v) is 3.18. The summed E-state index contributed by atoms with van der Waals surface area (Å²) in [6.07, 6.45) is 7.06. The molecule has 2 heterocycles. The number of rotatable bonds is 7. The Balaban J connectivity index is 2.21. The van der Waals surface area contributed by atoms with E-state index in [1.54, 1.807) is 18.9 Å². The molecule has 0 spiro atoms. The summed E-state index contributed by atoms with van der Waals surface area (Å²) >= 11 is 0. The van der Waals surface area contributed by atoms with Crippen molar-refractivity contribution in [1.29, 1.82) is 0 Å². The van der Waals surface area contributed by atoms with E-state index < -0.39 is 0 Å². The number of hydrogen-bond donors (Lipinski definition) is 1. The van der Waals surface area contributed by atoms with E-state index in [-0.39, 0.29) is 0 Å². The highest BCUT2D eigenvalue weighted by molar-refractivity contribution is 5.58. The number of furan rings is 1. The standard InChI is InChI=1S/C15H22N4O/c1-4-7-16-14-13(5-2)15(18-11-17-14)19(3)9-12-6-8-20-10-12/h6,8,10-11H,4-5,7,9H2,1-3H3,(H,16,17,18). The van der Waals surface area contributed by atoms with E-state index in [2.05, 4.69) is 34.0 Å². The molecule has 5 nitrogen and oxygen atoms in total. The van der Waals surface area contributed by atoms with Gasteiger partial charge in [-0.1, -0.05) is 13.8 Å². The first-order valence-corrected chi connectivity index (χ1v) is 7.06. The molecule has 0 aliphatic carbocycles. The third-order valence-electron chi connectivity index (χ3n) is 3.18. The molecule has 0 fully saturated rings. The van der Waals surface area contributed by atoms with Gasteiger partial charge in [-0.25, -0.2) is 9.97 Å². The molecule has 2 aromatic rings. The summed E-state index contributed by atoms with van der Waals surface area (Å²) in [4.78, 5) is 10.9. The Morgan fingerprint density at radius 1 is 1.30 bits per heavy atom. The van der Waals surface area contributed by atoms with Crippen LogP contribution in [0.1, 0.15) is 31.4 Å². The Labute approximate surface area is 120 Å². The lowest BCUT2D eigenvalue weighted by Crippen LogP contribution is -2.20. The maximum absolute atomic E-state index is 5.11. The van der Waals surface area contributed by atoms with Crippen LogP contribution < -0.4 is 10.2 Å². The van der Waals surface area contributed by atoms with Crippen LogP contribution in [-0.4, -0.2) is 23.6 Å². The van der Waals surface area contributed by atoms with Gasteiger partial charge >= 0.3 is 0 Å². The average Bonchev–Trinajstić information content (AvgIpc) is 2.97. The van der Waals surface area contributed by atoms with Gasteiger partial charge in [0.1, 0.15) is 18.0 Å². The van der Waals surface area contributed by atoms with Crippen molar-refractivity contribution in [1.82, 2.24) is 9.97 Å². The first kappa shape index (κ1) is 14.4. The lowest BCUT2D eigenvalue weighted by Gasteiger charge is -2.21. The molecular weight excluding hydrogens is 252 g/mol. The van der Waals surface area contributed by atoms with Crippen molar-refractivity contribution in [2.24, 2.45) is 0 Å². The summed E-state index contributed by atoms with van der Waals surface area (Å²) in [6, 6.07) is 1.97. The second kappa shape index (κ2) is 6.93. The van der Waals surface area contributed by atoms with Crippen molar-refractivity contribution in [3.63, 3.8) is 0 Å². The molecule has 2 rings (SSSR count). The summed E-state index contributed by atoms with van der Waals surface area (Å²) in [6.45, 7) is 5.97. The third kappa shape index (κ3) is 3.29. The Hall–Kier alpha value is -2.04. The largest absolute Gasteiger partial charge is 0.472 e. The molecule has 5 heteroatoms. The minimum atomic E-state index is 0.772. The van der Waals surface area contributed by atoms with Crippen LogP contribution in [0.4, 0.5) is 11.6 Å². The van der Waals surface area contributed by atoms with Crippen molar-refractivity contribution in [3.8, 4) is 0 Å². The quantitative estimate of drug-likeness (QED) is 0.841. The topological polar surface area (TPSA) is 54.2 Å². The lowest BCUT2D eigenvalue weighted by atomic mass is 10.2. The van der Waals surface area contributed by atoms with Crippen LogP contribution in [0, 0.1) is 0 Å². The monoisotopic (exact) mass is 274 g/mol. The summed E-state index contributed by atoms with van der Waals surface area (Å²) in [5.41, 5.74) is 2.29. The van der Waals surface area contributed by atoms with Gasteiger partial charge in [0.15, 0.2) is 0 Å². The number of nitrogens with zero attached hydrogens (tertiary/aromatic N) is 3. The molecule has 0 radical (unpaired) electrons. The molecular formula is C15H22N4O. The first-order chi connectivity index (χ1) is 9.76. The molecule has 1 N–H and O–H groups in total. The van der Waals surface area contributed by atoms with E-state index in [1.165, 1.54) is 0 Å². The van der Waals surface area contributed by atoms with Crippen molar-refractivity contribution in [2.75, 3.05) is 23.8 Å². The van der Waals surface area contributed by atoms with Crippen LogP contribution >= 0.6 is 0 Å². The van der Waals surface area contributed by atoms with Crippen LogP contribution in [-0.2, 0) is 13.0 Å². The zero-order chi connectivity index (χ0) is 14.4. The molecule has 0 bridgehead atoms. The first-order valence-electron chi connectivity index (χ1n) is 7.06. The van der Waals surface area contributed by atoms with Gasteiger partial charge in [0.25, 0.3) is 0 Å². The second-order valence-corrected chi connectivity index (χ2v) is 4.79. The summed E-state index contributed by atoms with van der Waals surface area (Å²) in [5, 5.41) is 3.37. The van der Waals surface area contributed by atoms with E-state index in [0.29, 0.717) is 0 Å². The van der Waals surface area contributed by atoms with Crippen molar-refractivity contribution < 1.29 is 4.42 Å². The maximum Gasteiger partial charge on any atom is 0.137 e. The van der Waals surface area contributed by atoms with Crippen molar-refractivity contribution in [3.05, 3.63) is 36.0 Å². The number of aromatic nitrogens is 2. The van der Waals surface area contributed by atoms with Crippen LogP contribution in [0.15, 0.2) is 29.3 Å². The van der Waals surface area contributed by atoms with E-state index in [9.17, 15) is 0 Å². The maximum atomic E-state index is 5.11. The van der Waals surface area contributed by atoms with E-state index in [4.69, 9.17) is 4.42 Å². The summed E-state index contributed by atoms with van der Waals surface area (Å²) in [5.74, 6) is 1.92. The zero-order valence-electron chi connectivity index (χ0n) is 12.4. The Morgan fingerprint density at radius 3 is 2.80 bits per heavy atom.